The highest BCUT2D eigenvalue weighted by Crippen LogP contribution is 2.32. The highest BCUT2D eigenvalue weighted by Gasteiger charge is 2.29. The molecule has 8 heteroatoms. The molecule has 0 amide bonds. The second-order valence-electron chi connectivity index (χ2n) is 4.92. The SMILES string of the molecule is CN(CCC(F)(F)F)c1n[nH]c(=S)n1C1CCCC1. The Morgan fingerprint density at radius 3 is 2.63 bits per heavy atom. The van der Waals surface area contributed by atoms with Gasteiger partial charge in [0.1, 0.15) is 0 Å². The fraction of sp³-hybridized carbons (Fsp3) is 0.818. The molecule has 0 radical (unpaired) electrons. The number of anilines is 1. The lowest BCUT2D eigenvalue weighted by Gasteiger charge is -2.22. The Bertz CT molecular complexity index is 473. The Balaban J connectivity index is 2.13. The van der Waals surface area contributed by atoms with Crippen molar-refractivity contribution in [3.05, 3.63) is 4.77 Å². The van der Waals surface area contributed by atoms with Gasteiger partial charge in [-0.15, -0.1) is 5.10 Å². The first-order chi connectivity index (χ1) is 8.88. The standard InChI is InChI=1S/C11H17F3N4S/c1-17(7-6-11(12,13)14)9-15-16-10(19)18(9)8-4-2-3-5-8/h8H,2-7H2,1H3,(H,16,19). The highest BCUT2D eigenvalue weighted by atomic mass is 32.1. The van der Waals surface area contributed by atoms with Crippen molar-refractivity contribution < 1.29 is 13.2 Å². The molecule has 0 aromatic carbocycles. The Hall–Kier alpha value is -1.05. The number of alkyl halides is 3. The molecule has 0 unspecified atom stereocenters. The maximum Gasteiger partial charge on any atom is 0.390 e. The average Bonchev–Trinajstić information content (AvgIpc) is 2.93. The van der Waals surface area contributed by atoms with Gasteiger partial charge in [-0.1, -0.05) is 12.8 Å². The zero-order valence-corrected chi connectivity index (χ0v) is 11.5. The molecule has 108 valence electrons. The number of halogens is 3. The number of H-pyrrole nitrogens is 1. The number of nitrogens with one attached hydrogen (secondary N) is 1. The minimum Gasteiger partial charge on any atom is -0.344 e. The van der Waals surface area contributed by atoms with Gasteiger partial charge >= 0.3 is 6.18 Å². The van der Waals surface area contributed by atoms with Crippen LogP contribution in [-0.4, -0.2) is 34.5 Å². The van der Waals surface area contributed by atoms with Crippen molar-refractivity contribution in [3.63, 3.8) is 0 Å². The van der Waals surface area contributed by atoms with Crippen LogP contribution in [0.1, 0.15) is 38.1 Å². The molecule has 1 aromatic heterocycles. The van der Waals surface area contributed by atoms with Crippen molar-refractivity contribution in [3.8, 4) is 0 Å². The van der Waals surface area contributed by atoms with Crippen LogP contribution < -0.4 is 4.90 Å². The van der Waals surface area contributed by atoms with Crippen molar-refractivity contribution in [1.82, 2.24) is 14.8 Å². The van der Waals surface area contributed by atoms with Gasteiger partial charge in [-0.2, -0.15) is 13.2 Å². The first kappa shape index (κ1) is 14.4. The van der Waals surface area contributed by atoms with E-state index in [0.717, 1.165) is 25.7 Å². The summed E-state index contributed by atoms with van der Waals surface area (Å²) in [6.45, 7) is -0.115. The molecule has 1 heterocycles. The van der Waals surface area contributed by atoms with E-state index in [1.165, 1.54) is 4.90 Å². The number of hydrogen-bond acceptors (Lipinski definition) is 3. The summed E-state index contributed by atoms with van der Waals surface area (Å²) < 4.78 is 39.1. The molecule has 1 N–H and O–H groups in total. The third-order valence-electron chi connectivity index (χ3n) is 3.45. The van der Waals surface area contributed by atoms with Crippen LogP contribution in [0.4, 0.5) is 19.1 Å². The molecule has 1 aliphatic rings. The van der Waals surface area contributed by atoms with Crippen molar-refractivity contribution in [2.24, 2.45) is 0 Å². The second-order valence-corrected chi connectivity index (χ2v) is 5.31. The number of hydrogen-bond donors (Lipinski definition) is 1. The molecule has 19 heavy (non-hydrogen) atoms. The summed E-state index contributed by atoms with van der Waals surface area (Å²) in [4.78, 5) is 1.51. The Kier molecular flexibility index (Phi) is 4.17. The van der Waals surface area contributed by atoms with Gasteiger partial charge in [0.05, 0.1) is 6.42 Å². The lowest BCUT2D eigenvalue weighted by Crippen LogP contribution is -2.27. The van der Waals surface area contributed by atoms with E-state index in [4.69, 9.17) is 12.2 Å². The van der Waals surface area contributed by atoms with Crippen LogP contribution in [0.3, 0.4) is 0 Å². The van der Waals surface area contributed by atoms with E-state index in [-0.39, 0.29) is 12.6 Å². The molecule has 4 nitrogen and oxygen atoms in total. The quantitative estimate of drug-likeness (QED) is 0.864. The van der Waals surface area contributed by atoms with Crippen molar-refractivity contribution >= 4 is 18.2 Å². The normalized spacial score (nSPS) is 17.1. The molecule has 1 saturated carbocycles. The molecule has 0 atom stereocenters. The zero-order chi connectivity index (χ0) is 14.0. The van der Waals surface area contributed by atoms with E-state index in [1.807, 2.05) is 4.57 Å². The van der Waals surface area contributed by atoms with E-state index in [9.17, 15) is 13.2 Å². The molecule has 1 fully saturated rings. The van der Waals surface area contributed by atoms with Crippen LogP contribution in [0.2, 0.25) is 0 Å². The Labute approximate surface area is 114 Å². The number of aromatic nitrogens is 3. The minimum absolute atomic E-state index is 0.115. The first-order valence-corrected chi connectivity index (χ1v) is 6.74. The van der Waals surface area contributed by atoms with E-state index >= 15 is 0 Å². The summed E-state index contributed by atoms with van der Waals surface area (Å²) in [6, 6.07) is 0.259. The van der Waals surface area contributed by atoms with Gasteiger partial charge in [-0.25, -0.2) is 5.10 Å². The number of aromatic amines is 1. The minimum atomic E-state index is -4.15. The van der Waals surface area contributed by atoms with Crippen LogP contribution in [0.5, 0.6) is 0 Å². The van der Waals surface area contributed by atoms with Crippen LogP contribution in [0.25, 0.3) is 0 Å². The zero-order valence-electron chi connectivity index (χ0n) is 10.7. The lowest BCUT2D eigenvalue weighted by molar-refractivity contribution is -0.132. The van der Waals surface area contributed by atoms with Crippen LogP contribution in [0, 0.1) is 4.77 Å². The van der Waals surface area contributed by atoms with Gasteiger partial charge in [0, 0.05) is 19.6 Å². The van der Waals surface area contributed by atoms with E-state index < -0.39 is 12.6 Å². The summed E-state index contributed by atoms with van der Waals surface area (Å²) in [5.74, 6) is 0.501. The maximum absolute atomic E-state index is 12.3. The van der Waals surface area contributed by atoms with Crippen molar-refractivity contribution in [1.29, 1.82) is 0 Å². The molecule has 1 aliphatic carbocycles. The number of rotatable bonds is 4. The van der Waals surface area contributed by atoms with E-state index in [2.05, 4.69) is 10.2 Å². The average molecular weight is 294 g/mol. The topological polar surface area (TPSA) is 36.9 Å². The third-order valence-corrected chi connectivity index (χ3v) is 3.74. The predicted molar refractivity (Wildman–Crippen MR) is 68.9 cm³/mol. The van der Waals surface area contributed by atoms with Gasteiger partial charge in [-0.05, 0) is 25.1 Å². The van der Waals surface area contributed by atoms with E-state index in [1.54, 1.807) is 7.05 Å². The summed E-state index contributed by atoms with van der Waals surface area (Å²) in [7, 11) is 1.61. The van der Waals surface area contributed by atoms with Crippen molar-refractivity contribution in [2.45, 2.75) is 44.3 Å². The number of nitrogens with zero attached hydrogens (tertiary/aromatic N) is 3. The molecule has 0 aliphatic heterocycles. The maximum atomic E-state index is 12.3. The van der Waals surface area contributed by atoms with Crippen LogP contribution >= 0.6 is 12.2 Å². The van der Waals surface area contributed by atoms with Crippen molar-refractivity contribution in [2.75, 3.05) is 18.5 Å². The molecule has 0 bridgehead atoms. The largest absolute Gasteiger partial charge is 0.390 e. The van der Waals surface area contributed by atoms with Gasteiger partial charge < -0.3 is 4.90 Å². The molecular formula is C11H17F3N4S. The molecule has 1 aromatic rings. The Morgan fingerprint density at radius 1 is 1.42 bits per heavy atom. The second kappa shape index (κ2) is 5.52. The van der Waals surface area contributed by atoms with Crippen LogP contribution in [0.15, 0.2) is 0 Å². The van der Waals surface area contributed by atoms with Gasteiger partial charge in [0.25, 0.3) is 0 Å². The van der Waals surface area contributed by atoms with Crippen LogP contribution in [-0.2, 0) is 0 Å². The first-order valence-electron chi connectivity index (χ1n) is 6.33. The monoisotopic (exact) mass is 294 g/mol. The summed E-state index contributed by atoms with van der Waals surface area (Å²) in [6.07, 6.45) is -0.734. The lowest BCUT2D eigenvalue weighted by atomic mass is 10.2. The van der Waals surface area contributed by atoms with Gasteiger partial charge in [0.2, 0.25) is 5.95 Å². The highest BCUT2D eigenvalue weighted by molar-refractivity contribution is 7.71. The molecule has 0 saturated heterocycles. The molecule has 2 rings (SSSR count). The van der Waals surface area contributed by atoms with Gasteiger partial charge in [-0.3, -0.25) is 4.57 Å². The third kappa shape index (κ3) is 3.49. The summed E-state index contributed by atoms with van der Waals surface area (Å²) in [5, 5.41) is 6.75. The molecular weight excluding hydrogens is 277 g/mol. The van der Waals surface area contributed by atoms with E-state index in [0.29, 0.717) is 10.7 Å². The molecule has 0 spiro atoms. The Morgan fingerprint density at radius 2 is 2.05 bits per heavy atom. The fourth-order valence-electron chi connectivity index (χ4n) is 2.45. The summed E-state index contributed by atoms with van der Waals surface area (Å²) in [5.41, 5.74) is 0. The van der Waals surface area contributed by atoms with Gasteiger partial charge in [0.15, 0.2) is 4.77 Å². The summed E-state index contributed by atoms with van der Waals surface area (Å²) >= 11 is 5.18. The fourth-order valence-corrected chi connectivity index (χ4v) is 2.73. The smallest absolute Gasteiger partial charge is 0.344 e. The predicted octanol–water partition coefficient (Wildman–Crippen LogP) is 3.44.